The summed E-state index contributed by atoms with van der Waals surface area (Å²) in [5, 5.41) is 23.6. The molecule has 134 valence electrons. The van der Waals surface area contributed by atoms with Crippen LogP contribution in [0.15, 0.2) is 100 Å². The van der Waals surface area contributed by atoms with E-state index in [0.29, 0.717) is 12.3 Å². The summed E-state index contributed by atoms with van der Waals surface area (Å²) in [6.45, 7) is 0. The Kier molecular flexibility index (Phi) is 5.98. The van der Waals surface area contributed by atoms with E-state index in [1.807, 2.05) is 60.7 Å². The topological polar surface area (TPSA) is 92.2 Å². The molecule has 1 N–H and O–H groups in total. The van der Waals surface area contributed by atoms with Gasteiger partial charge in [0.2, 0.25) is 0 Å². The molecular formula is C20H17N5O2. The van der Waals surface area contributed by atoms with E-state index in [1.54, 1.807) is 18.2 Å². The first-order valence-electron chi connectivity index (χ1n) is 8.29. The molecule has 3 aromatic rings. The molecule has 0 radical (unpaired) electrons. The van der Waals surface area contributed by atoms with Gasteiger partial charge >= 0.3 is 0 Å². The maximum absolute atomic E-state index is 11.1. The highest BCUT2D eigenvalue weighted by molar-refractivity contribution is 5.85. The molecule has 0 aromatic heterocycles. The Morgan fingerprint density at radius 2 is 1.52 bits per heavy atom. The molecule has 0 saturated carbocycles. The van der Waals surface area contributed by atoms with Crippen molar-refractivity contribution >= 4 is 22.9 Å². The number of nitro benzene ring substituents is 1. The third-order valence-electron chi connectivity index (χ3n) is 3.64. The van der Waals surface area contributed by atoms with Gasteiger partial charge in [0.15, 0.2) is 11.5 Å². The van der Waals surface area contributed by atoms with Crippen molar-refractivity contribution < 1.29 is 4.92 Å². The van der Waals surface area contributed by atoms with Crippen LogP contribution >= 0.6 is 0 Å². The van der Waals surface area contributed by atoms with Gasteiger partial charge in [-0.25, -0.2) is 0 Å². The predicted molar refractivity (Wildman–Crippen MR) is 105 cm³/mol. The van der Waals surface area contributed by atoms with Crippen LogP contribution in [0.1, 0.15) is 5.56 Å². The van der Waals surface area contributed by atoms with Gasteiger partial charge in [0.1, 0.15) is 0 Å². The quantitative estimate of drug-likeness (QED) is 0.211. The fourth-order valence-electron chi connectivity index (χ4n) is 2.33. The zero-order chi connectivity index (χ0) is 18.9. The second-order valence-corrected chi connectivity index (χ2v) is 5.61. The van der Waals surface area contributed by atoms with E-state index in [9.17, 15) is 10.1 Å². The Balaban J connectivity index is 1.86. The number of benzene rings is 3. The minimum absolute atomic E-state index is 0.101. The van der Waals surface area contributed by atoms with E-state index in [1.165, 1.54) is 6.07 Å². The number of rotatable bonds is 6. The summed E-state index contributed by atoms with van der Waals surface area (Å²) in [5.41, 5.74) is 4.84. The lowest BCUT2D eigenvalue weighted by Gasteiger charge is -2.03. The van der Waals surface area contributed by atoms with Gasteiger partial charge in [-0.05, 0) is 23.8 Å². The molecule has 0 aliphatic carbocycles. The summed E-state index contributed by atoms with van der Waals surface area (Å²) < 4.78 is 0. The molecule has 3 aromatic carbocycles. The Hall–Kier alpha value is -3.87. The van der Waals surface area contributed by atoms with Gasteiger partial charge < -0.3 is 0 Å². The van der Waals surface area contributed by atoms with E-state index in [2.05, 4.69) is 20.8 Å². The Bertz CT molecular complexity index is 956. The summed E-state index contributed by atoms with van der Waals surface area (Å²) >= 11 is 0. The van der Waals surface area contributed by atoms with E-state index in [4.69, 9.17) is 0 Å². The highest BCUT2D eigenvalue weighted by Gasteiger charge is 2.12. The van der Waals surface area contributed by atoms with Crippen molar-refractivity contribution in [1.82, 2.24) is 0 Å². The minimum Gasteiger partial charge on any atom is -0.277 e. The first-order chi connectivity index (χ1) is 13.2. The number of para-hydroxylation sites is 2. The van der Waals surface area contributed by atoms with Crippen LogP contribution in [0.25, 0.3) is 0 Å². The van der Waals surface area contributed by atoms with Crippen molar-refractivity contribution in [2.24, 2.45) is 15.3 Å². The van der Waals surface area contributed by atoms with E-state index in [-0.39, 0.29) is 11.4 Å². The van der Waals surface area contributed by atoms with Gasteiger partial charge in [0, 0.05) is 12.5 Å². The summed E-state index contributed by atoms with van der Waals surface area (Å²) in [6, 6.07) is 25.4. The van der Waals surface area contributed by atoms with Crippen LogP contribution in [0, 0.1) is 10.1 Å². The van der Waals surface area contributed by atoms with Gasteiger partial charge in [-0.2, -0.15) is 5.10 Å². The molecule has 0 bridgehead atoms. The number of nitrogens with zero attached hydrogens (tertiary/aromatic N) is 4. The van der Waals surface area contributed by atoms with E-state index < -0.39 is 4.92 Å². The normalized spacial score (nSPS) is 11.5. The number of nitrogens with one attached hydrogen (secondary N) is 1. The molecule has 0 spiro atoms. The molecular weight excluding hydrogens is 342 g/mol. The standard InChI is InChI=1S/C20H17N5O2/c26-25(27)19-14-8-7-13-18(19)22-24-20(15-16-9-3-1-4-10-16)23-21-17-11-5-2-6-12-17/h1-14,21H,15H2/b23-20-,24-22?. The number of hydrogen-bond acceptors (Lipinski definition) is 5. The number of hydrazone groups is 1. The molecule has 0 fully saturated rings. The van der Waals surface area contributed by atoms with Crippen LogP contribution in [-0.2, 0) is 6.42 Å². The highest BCUT2D eigenvalue weighted by Crippen LogP contribution is 2.26. The summed E-state index contributed by atoms with van der Waals surface area (Å²) in [4.78, 5) is 10.6. The minimum atomic E-state index is -0.482. The van der Waals surface area contributed by atoms with Crippen LogP contribution < -0.4 is 5.43 Å². The Labute approximate surface area is 156 Å². The number of amidine groups is 1. The second kappa shape index (κ2) is 9.00. The molecule has 27 heavy (non-hydrogen) atoms. The molecule has 0 unspecified atom stereocenters. The van der Waals surface area contributed by atoms with Crippen LogP contribution in [0.3, 0.4) is 0 Å². The number of anilines is 1. The van der Waals surface area contributed by atoms with E-state index in [0.717, 1.165) is 11.3 Å². The molecule has 7 nitrogen and oxygen atoms in total. The molecule has 0 atom stereocenters. The number of azo groups is 1. The largest absolute Gasteiger partial charge is 0.296 e. The molecule has 0 aliphatic rings. The number of hydrogen-bond donors (Lipinski definition) is 1. The maximum atomic E-state index is 11.1. The first kappa shape index (κ1) is 17.9. The SMILES string of the molecule is O=[N+]([O-])c1ccccc1N=N/C(Cc1ccccc1)=N\Nc1ccccc1. The average molecular weight is 359 g/mol. The zero-order valence-electron chi connectivity index (χ0n) is 14.4. The maximum Gasteiger partial charge on any atom is 0.296 e. The van der Waals surface area contributed by atoms with Crippen LogP contribution in [0.4, 0.5) is 17.1 Å². The third-order valence-corrected chi connectivity index (χ3v) is 3.64. The lowest BCUT2D eigenvalue weighted by molar-refractivity contribution is -0.384. The van der Waals surface area contributed by atoms with Gasteiger partial charge in [0.25, 0.3) is 5.69 Å². The van der Waals surface area contributed by atoms with Crippen molar-refractivity contribution in [3.05, 3.63) is 101 Å². The van der Waals surface area contributed by atoms with Gasteiger partial charge in [-0.15, -0.1) is 10.2 Å². The molecule has 3 rings (SSSR count). The molecule has 0 amide bonds. The molecule has 7 heteroatoms. The Morgan fingerprint density at radius 3 is 2.22 bits per heavy atom. The molecule has 0 aliphatic heterocycles. The third kappa shape index (κ3) is 5.30. The second-order valence-electron chi connectivity index (χ2n) is 5.61. The molecule has 0 heterocycles. The van der Waals surface area contributed by atoms with Crippen LogP contribution in [0.2, 0.25) is 0 Å². The summed E-state index contributed by atoms with van der Waals surface area (Å²) in [6.07, 6.45) is 0.435. The fourth-order valence-corrected chi connectivity index (χ4v) is 2.33. The molecule has 0 saturated heterocycles. The van der Waals surface area contributed by atoms with Gasteiger partial charge in [-0.3, -0.25) is 15.5 Å². The summed E-state index contributed by atoms with van der Waals surface area (Å²) in [5.74, 6) is 0.406. The van der Waals surface area contributed by atoms with E-state index >= 15 is 0 Å². The van der Waals surface area contributed by atoms with Crippen molar-refractivity contribution in [1.29, 1.82) is 0 Å². The van der Waals surface area contributed by atoms with Crippen molar-refractivity contribution in [3.63, 3.8) is 0 Å². The lowest BCUT2D eigenvalue weighted by atomic mass is 10.1. The fraction of sp³-hybridized carbons (Fsp3) is 0.0500. The summed E-state index contributed by atoms with van der Waals surface area (Å²) in [7, 11) is 0. The lowest BCUT2D eigenvalue weighted by Crippen LogP contribution is -2.03. The van der Waals surface area contributed by atoms with Crippen molar-refractivity contribution in [3.8, 4) is 0 Å². The van der Waals surface area contributed by atoms with Crippen LogP contribution in [0.5, 0.6) is 0 Å². The predicted octanol–water partition coefficient (Wildman–Crippen LogP) is 5.35. The van der Waals surface area contributed by atoms with Gasteiger partial charge in [0.05, 0.1) is 10.6 Å². The zero-order valence-corrected chi connectivity index (χ0v) is 14.4. The van der Waals surface area contributed by atoms with Gasteiger partial charge in [-0.1, -0.05) is 60.7 Å². The van der Waals surface area contributed by atoms with Crippen molar-refractivity contribution in [2.45, 2.75) is 6.42 Å². The van der Waals surface area contributed by atoms with Crippen molar-refractivity contribution in [2.75, 3.05) is 5.43 Å². The number of nitro groups is 1. The Morgan fingerprint density at radius 1 is 0.889 bits per heavy atom. The smallest absolute Gasteiger partial charge is 0.277 e. The first-order valence-corrected chi connectivity index (χ1v) is 8.29. The highest BCUT2D eigenvalue weighted by atomic mass is 16.6. The van der Waals surface area contributed by atoms with Crippen LogP contribution in [-0.4, -0.2) is 10.8 Å². The average Bonchev–Trinajstić information content (AvgIpc) is 2.71. The monoisotopic (exact) mass is 359 g/mol.